The molecule has 0 aliphatic rings. The van der Waals surface area contributed by atoms with E-state index in [4.69, 9.17) is 17.3 Å². The number of nitrogens with two attached hydrogens (primary N) is 1. The highest BCUT2D eigenvalue weighted by Crippen LogP contribution is 2.38. The lowest BCUT2D eigenvalue weighted by Crippen LogP contribution is -2.22. The highest BCUT2D eigenvalue weighted by molar-refractivity contribution is 6.32. The molecule has 17 heteroatoms. The number of hydrogen-bond donors (Lipinski definition) is 2. The summed E-state index contributed by atoms with van der Waals surface area (Å²) in [5, 5.41) is 12.6. The molecule has 0 saturated heterocycles. The predicted octanol–water partition coefficient (Wildman–Crippen LogP) is 5.20. The molecular formula is C24H21ClF6N8O2. The van der Waals surface area contributed by atoms with Gasteiger partial charge in [0, 0.05) is 6.20 Å². The SMILES string of the molecule is C.Cc1cc(C)c(NC(=O)c2cc(Cn3nc(C(F)(F)F)c(C(F)(F)F)n3)nn2-c2ncccc2Cl)c(C(N)=O)c1. The van der Waals surface area contributed by atoms with Crippen LogP contribution in [0.3, 0.4) is 0 Å². The van der Waals surface area contributed by atoms with Gasteiger partial charge in [-0.3, -0.25) is 9.59 Å². The molecule has 0 aliphatic carbocycles. The van der Waals surface area contributed by atoms with Crippen molar-refractivity contribution in [2.75, 3.05) is 5.32 Å². The van der Waals surface area contributed by atoms with E-state index < -0.39 is 42.1 Å². The second kappa shape index (κ2) is 11.2. The van der Waals surface area contributed by atoms with Crippen molar-refractivity contribution in [2.24, 2.45) is 5.73 Å². The molecule has 0 spiro atoms. The van der Waals surface area contributed by atoms with Crippen molar-refractivity contribution in [1.82, 2.24) is 29.8 Å². The molecule has 4 rings (SSSR count). The lowest BCUT2D eigenvalue weighted by atomic mass is 10.0. The number of pyridine rings is 1. The van der Waals surface area contributed by atoms with Crippen molar-refractivity contribution in [3.63, 3.8) is 0 Å². The van der Waals surface area contributed by atoms with Crippen molar-refractivity contribution >= 4 is 29.1 Å². The lowest BCUT2D eigenvalue weighted by Gasteiger charge is -2.14. The number of rotatable bonds is 6. The van der Waals surface area contributed by atoms with Gasteiger partial charge >= 0.3 is 12.4 Å². The van der Waals surface area contributed by atoms with Gasteiger partial charge < -0.3 is 11.1 Å². The standard InChI is InChI=1S/C23H17ClF6N8O2.CH4/c1-10-6-11(2)16(13(7-10)19(31)39)33-21(40)15-8-12(34-38(15)20-14(24)4-3-5-32-20)9-37-35-17(22(25,26)27)18(36-37)23(28,29)30;/h3-8H,9H2,1-2H3,(H2,31,39)(H,33,40);1H4. The fourth-order valence-corrected chi connectivity index (χ4v) is 4.02. The number of nitrogens with one attached hydrogen (secondary N) is 1. The normalized spacial score (nSPS) is 11.7. The zero-order chi connectivity index (χ0) is 29.6. The number of nitrogens with zero attached hydrogens (tertiary/aromatic N) is 6. The molecule has 0 fully saturated rings. The Hall–Kier alpha value is -4.47. The van der Waals surface area contributed by atoms with Crippen LogP contribution in [-0.4, -0.2) is 41.6 Å². The first-order valence-electron chi connectivity index (χ1n) is 11.1. The van der Waals surface area contributed by atoms with Gasteiger partial charge in [-0.2, -0.15) is 36.2 Å². The van der Waals surface area contributed by atoms with E-state index in [0.29, 0.717) is 11.1 Å². The van der Waals surface area contributed by atoms with Gasteiger partial charge in [0.05, 0.1) is 22.0 Å². The number of aromatic nitrogens is 6. The van der Waals surface area contributed by atoms with Crippen LogP contribution in [0, 0.1) is 13.8 Å². The Morgan fingerprint density at radius 1 is 1.00 bits per heavy atom. The summed E-state index contributed by atoms with van der Waals surface area (Å²) < 4.78 is 80.0. The highest BCUT2D eigenvalue weighted by Gasteiger charge is 2.48. The average Bonchev–Trinajstić information content (AvgIpc) is 3.46. The third-order valence-electron chi connectivity index (χ3n) is 5.41. The van der Waals surface area contributed by atoms with E-state index in [2.05, 4.69) is 25.6 Å². The monoisotopic (exact) mass is 602 g/mol. The van der Waals surface area contributed by atoms with Crippen molar-refractivity contribution in [3.05, 3.63) is 81.0 Å². The molecule has 2 amide bonds. The summed E-state index contributed by atoms with van der Waals surface area (Å²) in [6.45, 7) is 2.55. The minimum atomic E-state index is -5.43. The van der Waals surface area contributed by atoms with Gasteiger partial charge in [0.1, 0.15) is 12.2 Å². The predicted molar refractivity (Wildman–Crippen MR) is 135 cm³/mol. The minimum absolute atomic E-state index is 0. The summed E-state index contributed by atoms with van der Waals surface area (Å²) >= 11 is 6.20. The third kappa shape index (κ3) is 6.48. The second-order valence-corrected chi connectivity index (χ2v) is 8.89. The van der Waals surface area contributed by atoms with Gasteiger partial charge in [-0.05, 0) is 49.2 Å². The van der Waals surface area contributed by atoms with Gasteiger partial charge in [-0.15, -0.1) is 10.2 Å². The Kier molecular flexibility index (Phi) is 8.48. The van der Waals surface area contributed by atoms with Crippen LogP contribution in [0.4, 0.5) is 32.0 Å². The van der Waals surface area contributed by atoms with E-state index in [0.717, 1.165) is 10.7 Å². The molecule has 0 saturated carbocycles. The summed E-state index contributed by atoms with van der Waals surface area (Å²) in [7, 11) is 0. The van der Waals surface area contributed by atoms with Crippen LogP contribution in [0.5, 0.6) is 0 Å². The first-order valence-corrected chi connectivity index (χ1v) is 11.5. The Labute approximate surface area is 233 Å². The van der Waals surface area contributed by atoms with E-state index in [1.54, 1.807) is 19.9 Å². The van der Waals surface area contributed by atoms with E-state index in [1.807, 2.05) is 0 Å². The summed E-state index contributed by atoms with van der Waals surface area (Å²) in [6.07, 6.45) is -9.54. The number of halogens is 7. The molecule has 3 heterocycles. The molecule has 0 atom stereocenters. The zero-order valence-electron chi connectivity index (χ0n) is 20.4. The van der Waals surface area contributed by atoms with Gasteiger partial charge in [-0.1, -0.05) is 25.1 Å². The van der Waals surface area contributed by atoms with Gasteiger partial charge in [0.25, 0.3) is 11.8 Å². The summed E-state index contributed by atoms with van der Waals surface area (Å²) in [6, 6.07) is 7.12. The number of anilines is 1. The number of carbonyl (C=O) groups excluding carboxylic acids is 2. The number of alkyl halides is 6. The largest absolute Gasteiger partial charge is 0.437 e. The van der Waals surface area contributed by atoms with E-state index in [9.17, 15) is 35.9 Å². The molecule has 0 radical (unpaired) electrons. The van der Waals surface area contributed by atoms with Crippen LogP contribution >= 0.6 is 11.6 Å². The fourth-order valence-electron chi connectivity index (χ4n) is 3.81. The zero-order valence-corrected chi connectivity index (χ0v) is 21.2. The van der Waals surface area contributed by atoms with Crippen molar-refractivity contribution < 1.29 is 35.9 Å². The summed E-state index contributed by atoms with van der Waals surface area (Å²) in [5.41, 5.74) is 1.81. The number of benzene rings is 1. The fraction of sp³-hybridized carbons (Fsp3) is 0.250. The van der Waals surface area contributed by atoms with Gasteiger partial charge in [0.2, 0.25) is 0 Å². The molecule has 3 aromatic heterocycles. The third-order valence-corrected chi connectivity index (χ3v) is 5.71. The van der Waals surface area contributed by atoms with Crippen molar-refractivity contribution in [2.45, 2.75) is 40.2 Å². The highest BCUT2D eigenvalue weighted by atomic mass is 35.5. The molecular weight excluding hydrogens is 582 g/mol. The molecule has 10 nitrogen and oxygen atoms in total. The van der Waals surface area contributed by atoms with Crippen LogP contribution in [-0.2, 0) is 18.9 Å². The van der Waals surface area contributed by atoms with E-state index in [1.165, 1.54) is 24.4 Å². The number of aryl methyl sites for hydroxylation is 2. The number of carbonyl (C=O) groups is 2. The van der Waals surface area contributed by atoms with Gasteiger partial charge in [0.15, 0.2) is 17.2 Å². The summed E-state index contributed by atoms with van der Waals surface area (Å²) in [5.74, 6) is -1.76. The van der Waals surface area contributed by atoms with E-state index >= 15 is 0 Å². The molecule has 1 aromatic carbocycles. The summed E-state index contributed by atoms with van der Waals surface area (Å²) in [4.78, 5) is 29.6. The topological polar surface area (TPSA) is 134 Å². The second-order valence-electron chi connectivity index (χ2n) is 8.49. The molecule has 41 heavy (non-hydrogen) atoms. The Morgan fingerprint density at radius 3 is 2.15 bits per heavy atom. The van der Waals surface area contributed by atoms with Crippen LogP contribution in [0.25, 0.3) is 5.82 Å². The van der Waals surface area contributed by atoms with Crippen LogP contribution < -0.4 is 11.1 Å². The maximum Gasteiger partial charge on any atom is 0.437 e. The molecule has 4 aromatic rings. The number of primary amides is 1. The maximum atomic E-state index is 13.4. The molecule has 3 N–H and O–H groups in total. The Bertz CT molecular complexity index is 1600. The number of hydrogen-bond acceptors (Lipinski definition) is 6. The van der Waals surface area contributed by atoms with Crippen LogP contribution in [0.15, 0.2) is 36.5 Å². The van der Waals surface area contributed by atoms with Crippen molar-refractivity contribution in [1.29, 1.82) is 0 Å². The first-order chi connectivity index (χ1) is 18.6. The number of amides is 2. The van der Waals surface area contributed by atoms with Crippen molar-refractivity contribution in [3.8, 4) is 5.82 Å². The van der Waals surface area contributed by atoms with Crippen LogP contribution in [0.2, 0.25) is 5.02 Å². The maximum absolute atomic E-state index is 13.4. The quantitative estimate of drug-likeness (QED) is 0.291. The minimum Gasteiger partial charge on any atom is -0.366 e. The molecule has 218 valence electrons. The molecule has 0 aliphatic heterocycles. The molecule has 0 unspecified atom stereocenters. The Morgan fingerprint density at radius 2 is 1.61 bits per heavy atom. The lowest BCUT2D eigenvalue weighted by molar-refractivity contribution is -0.165. The smallest absolute Gasteiger partial charge is 0.366 e. The first kappa shape index (κ1) is 31.1. The molecule has 0 bridgehead atoms. The van der Waals surface area contributed by atoms with Gasteiger partial charge in [-0.25, -0.2) is 9.67 Å². The van der Waals surface area contributed by atoms with Crippen LogP contribution in [0.1, 0.15) is 56.5 Å². The average molecular weight is 603 g/mol. The van der Waals surface area contributed by atoms with E-state index in [-0.39, 0.29) is 45.7 Å². The Balaban J connectivity index is 0.00000462.